The number of hydrogen-bond acceptors (Lipinski definition) is 3. The highest BCUT2D eigenvalue weighted by Crippen LogP contribution is 2.13. The molecule has 3 heteroatoms. The number of nitrogens with zero attached hydrogens (tertiary/aromatic N) is 2. The monoisotopic (exact) mass is 224 g/mol. The predicted octanol–water partition coefficient (Wildman–Crippen LogP) is 1.05. The van der Waals surface area contributed by atoms with Crippen LogP contribution in [0.1, 0.15) is 19.3 Å². The molecule has 0 spiro atoms. The van der Waals surface area contributed by atoms with Gasteiger partial charge in [-0.3, -0.25) is 4.90 Å². The van der Waals surface area contributed by atoms with Crippen molar-refractivity contribution in [2.45, 2.75) is 25.4 Å². The fourth-order valence-electron chi connectivity index (χ4n) is 1.99. The summed E-state index contributed by atoms with van der Waals surface area (Å²) in [7, 11) is 4.19. The van der Waals surface area contributed by atoms with Gasteiger partial charge in [0, 0.05) is 19.7 Å². The van der Waals surface area contributed by atoms with Crippen LogP contribution in [0, 0.1) is 12.3 Å². The van der Waals surface area contributed by atoms with Crippen LogP contribution < -0.4 is 0 Å². The van der Waals surface area contributed by atoms with E-state index in [1.54, 1.807) is 0 Å². The van der Waals surface area contributed by atoms with Crippen molar-refractivity contribution in [1.29, 1.82) is 0 Å². The van der Waals surface area contributed by atoms with Crippen molar-refractivity contribution in [3.8, 4) is 12.3 Å². The summed E-state index contributed by atoms with van der Waals surface area (Å²) in [5.74, 6) is 2.70. The summed E-state index contributed by atoms with van der Waals surface area (Å²) in [6, 6.07) is 0. The minimum atomic E-state index is 0.455. The van der Waals surface area contributed by atoms with Gasteiger partial charge in [-0.1, -0.05) is 5.92 Å². The van der Waals surface area contributed by atoms with Crippen molar-refractivity contribution in [2.24, 2.45) is 0 Å². The Morgan fingerprint density at radius 1 is 1.38 bits per heavy atom. The molecule has 0 aromatic rings. The van der Waals surface area contributed by atoms with E-state index in [2.05, 4.69) is 29.8 Å². The molecule has 0 aliphatic carbocycles. The van der Waals surface area contributed by atoms with Crippen LogP contribution in [0.25, 0.3) is 0 Å². The lowest BCUT2D eigenvalue weighted by molar-refractivity contribution is 0.00747. The molecule has 0 aromatic carbocycles. The van der Waals surface area contributed by atoms with Gasteiger partial charge in [-0.25, -0.2) is 0 Å². The van der Waals surface area contributed by atoms with Crippen molar-refractivity contribution in [3.63, 3.8) is 0 Å². The first-order chi connectivity index (χ1) is 7.72. The van der Waals surface area contributed by atoms with E-state index >= 15 is 0 Å². The molecule has 1 aliphatic heterocycles. The van der Waals surface area contributed by atoms with Gasteiger partial charge in [0.05, 0.1) is 12.6 Å². The molecule has 1 saturated heterocycles. The second-order valence-corrected chi connectivity index (χ2v) is 4.71. The Labute approximate surface area is 99.7 Å². The maximum Gasteiger partial charge on any atom is 0.0599 e. The third-order valence-electron chi connectivity index (χ3n) is 2.95. The molecule has 0 aromatic heterocycles. The van der Waals surface area contributed by atoms with E-state index in [0.717, 1.165) is 52.0 Å². The van der Waals surface area contributed by atoms with Gasteiger partial charge in [0.1, 0.15) is 0 Å². The molecule has 0 saturated carbocycles. The summed E-state index contributed by atoms with van der Waals surface area (Å²) in [6.45, 7) is 4.95. The smallest absolute Gasteiger partial charge is 0.0599 e. The molecule has 0 unspecified atom stereocenters. The van der Waals surface area contributed by atoms with Crippen LogP contribution in [-0.4, -0.2) is 62.8 Å². The van der Waals surface area contributed by atoms with Crippen molar-refractivity contribution in [2.75, 3.05) is 46.9 Å². The zero-order chi connectivity index (χ0) is 11.8. The van der Waals surface area contributed by atoms with Crippen molar-refractivity contribution in [1.82, 2.24) is 9.80 Å². The van der Waals surface area contributed by atoms with E-state index in [9.17, 15) is 0 Å². The molecule has 0 atom stereocenters. The third-order valence-corrected chi connectivity index (χ3v) is 2.95. The molecule has 0 amide bonds. The zero-order valence-electron chi connectivity index (χ0n) is 10.6. The first kappa shape index (κ1) is 13.5. The Morgan fingerprint density at radius 3 is 2.62 bits per heavy atom. The summed E-state index contributed by atoms with van der Waals surface area (Å²) in [5, 5.41) is 0. The third kappa shape index (κ3) is 5.50. The largest absolute Gasteiger partial charge is 0.378 e. The normalized spacial score (nSPS) is 18.9. The molecule has 16 heavy (non-hydrogen) atoms. The highest BCUT2D eigenvalue weighted by Gasteiger charge is 2.18. The van der Waals surface area contributed by atoms with Crippen molar-refractivity contribution < 1.29 is 4.74 Å². The van der Waals surface area contributed by atoms with Crippen molar-refractivity contribution in [3.05, 3.63) is 0 Å². The van der Waals surface area contributed by atoms with Crippen LogP contribution >= 0.6 is 0 Å². The van der Waals surface area contributed by atoms with Gasteiger partial charge < -0.3 is 9.64 Å². The summed E-state index contributed by atoms with van der Waals surface area (Å²) in [6.07, 6.45) is 9.13. The molecule has 1 aliphatic rings. The van der Waals surface area contributed by atoms with Crippen LogP contribution in [0.3, 0.4) is 0 Å². The lowest BCUT2D eigenvalue weighted by atomic mass is 10.1. The lowest BCUT2D eigenvalue weighted by Gasteiger charge is -2.30. The first-order valence-corrected chi connectivity index (χ1v) is 6.14. The van der Waals surface area contributed by atoms with E-state index in [-0.39, 0.29) is 0 Å². The van der Waals surface area contributed by atoms with Crippen LogP contribution in [-0.2, 0) is 4.74 Å². The second-order valence-electron chi connectivity index (χ2n) is 4.71. The number of terminal acetylenes is 1. The van der Waals surface area contributed by atoms with Gasteiger partial charge in [-0.15, -0.1) is 6.42 Å². The van der Waals surface area contributed by atoms with E-state index in [1.165, 1.54) is 0 Å². The molecular formula is C13H24N2O. The minimum absolute atomic E-state index is 0.455. The molecule has 1 heterocycles. The highest BCUT2D eigenvalue weighted by molar-refractivity contribution is 4.89. The van der Waals surface area contributed by atoms with E-state index in [1.807, 2.05) is 0 Å². The molecule has 3 nitrogen and oxygen atoms in total. The number of ether oxygens (including phenoxy) is 1. The second kappa shape index (κ2) is 7.67. The Bertz CT molecular complexity index is 214. The Hall–Kier alpha value is -0.560. The van der Waals surface area contributed by atoms with Gasteiger partial charge in [0.2, 0.25) is 0 Å². The zero-order valence-corrected chi connectivity index (χ0v) is 10.6. The average molecular weight is 224 g/mol. The van der Waals surface area contributed by atoms with Gasteiger partial charge >= 0.3 is 0 Å². The minimum Gasteiger partial charge on any atom is -0.378 e. The van der Waals surface area contributed by atoms with Crippen molar-refractivity contribution >= 4 is 0 Å². The van der Waals surface area contributed by atoms with Gasteiger partial charge in [0.25, 0.3) is 0 Å². The topological polar surface area (TPSA) is 15.7 Å². The van der Waals surface area contributed by atoms with E-state index in [0.29, 0.717) is 6.10 Å². The molecule has 0 bridgehead atoms. The van der Waals surface area contributed by atoms with Crippen LogP contribution in [0.15, 0.2) is 0 Å². The van der Waals surface area contributed by atoms with E-state index in [4.69, 9.17) is 11.2 Å². The molecule has 92 valence electrons. The predicted molar refractivity (Wildman–Crippen MR) is 67.4 cm³/mol. The average Bonchev–Trinajstić information content (AvgIpc) is 2.27. The molecule has 1 rings (SSSR count). The summed E-state index contributed by atoms with van der Waals surface area (Å²) < 4.78 is 5.85. The van der Waals surface area contributed by atoms with Gasteiger partial charge in [-0.05, 0) is 39.9 Å². The summed E-state index contributed by atoms with van der Waals surface area (Å²) in [5.41, 5.74) is 0. The van der Waals surface area contributed by atoms with E-state index < -0.39 is 0 Å². The maximum atomic E-state index is 5.85. The fraction of sp³-hybridized carbons (Fsp3) is 0.846. The standard InChI is InChI=1S/C13H24N2O/c1-4-8-15-10-6-13(7-11-15)16-12-5-9-14(2)3/h1,13H,5-12H2,2-3H3. The number of likely N-dealkylation sites (tertiary alicyclic amines) is 1. The molecule has 0 radical (unpaired) electrons. The first-order valence-electron chi connectivity index (χ1n) is 6.14. The lowest BCUT2D eigenvalue weighted by Crippen LogP contribution is -2.37. The summed E-state index contributed by atoms with van der Waals surface area (Å²) in [4.78, 5) is 4.51. The Balaban J connectivity index is 2.02. The summed E-state index contributed by atoms with van der Waals surface area (Å²) >= 11 is 0. The molecule has 0 N–H and O–H groups in total. The Morgan fingerprint density at radius 2 is 2.06 bits per heavy atom. The van der Waals surface area contributed by atoms with Crippen LogP contribution in [0.2, 0.25) is 0 Å². The highest BCUT2D eigenvalue weighted by atomic mass is 16.5. The SMILES string of the molecule is C#CCN1CCC(OCCCN(C)C)CC1. The van der Waals surface area contributed by atoms with Crippen LogP contribution in [0.5, 0.6) is 0 Å². The number of hydrogen-bond donors (Lipinski definition) is 0. The maximum absolute atomic E-state index is 5.85. The fourth-order valence-corrected chi connectivity index (χ4v) is 1.99. The van der Waals surface area contributed by atoms with Gasteiger partial charge in [-0.2, -0.15) is 0 Å². The molecule has 1 fully saturated rings. The quantitative estimate of drug-likeness (QED) is 0.495. The number of rotatable bonds is 6. The number of piperidine rings is 1. The molecular weight excluding hydrogens is 200 g/mol. The van der Waals surface area contributed by atoms with Gasteiger partial charge in [0.15, 0.2) is 0 Å². The van der Waals surface area contributed by atoms with Crippen LogP contribution in [0.4, 0.5) is 0 Å². The Kier molecular flexibility index (Phi) is 6.47.